The lowest BCUT2D eigenvalue weighted by molar-refractivity contribution is 0.786. The first-order valence-corrected chi connectivity index (χ1v) is 6.12. The molecule has 2 aromatic heterocycles. The van der Waals surface area contributed by atoms with Crippen molar-refractivity contribution >= 4 is 11.2 Å². The average molecular weight is 229 g/mol. The van der Waals surface area contributed by atoms with Crippen molar-refractivity contribution in [3.05, 3.63) is 35.7 Å². The summed E-state index contributed by atoms with van der Waals surface area (Å²) in [5.74, 6) is 0.410. The van der Waals surface area contributed by atoms with Crippen LogP contribution >= 0.6 is 0 Å². The predicted octanol–water partition coefficient (Wildman–Crippen LogP) is 3.29. The van der Waals surface area contributed by atoms with E-state index in [9.17, 15) is 0 Å². The van der Waals surface area contributed by atoms with Gasteiger partial charge in [0.2, 0.25) is 0 Å². The van der Waals surface area contributed by atoms with E-state index >= 15 is 0 Å². The van der Waals surface area contributed by atoms with Crippen LogP contribution in [0.4, 0.5) is 0 Å². The van der Waals surface area contributed by atoms with E-state index in [4.69, 9.17) is 0 Å². The highest BCUT2D eigenvalue weighted by molar-refractivity contribution is 6.07. The Morgan fingerprint density at radius 2 is 2.18 bits per heavy atom. The van der Waals surface area contributed by atoms with Gasteiger partial charge in [-0.3, -0.25) is 4.99 Å². The SMILES string of the molecule is CC/C(=N/C)c1c(C(C)C)nn2ccccc12. The molecule has 0 aliphatic carbocycles. The molecular formula is C14H19N3. The van der Waals surface area contributed by atoms with Gasteiger partial charge in [-0.2, -0.15) is 5.10 Å². The molecule has 0 amide bonds. The molecule has 0 aliphatic heterocycles. The normalized spacial score (nSPS) is 12.6. The van der Waals surface area contributed by atoms with Crippen LogP contribution in [0.3, 0.4) is 0 Å². The van der Waals surface area contributed by atoms with Crippen molar-refractivity contribution in [2.24, 2.45) is 4.99 Å². The molecule has 3 heteroatoms. The minimum Gasteiger partial charge on any atom is -0.292 e. The molecule has 2 heterocycles. The molecule has 0 atom stereocenters. The van der Waals surface area contributed by atoms with Crippen molar-refractivity contribution in [1.29, 1.82) is 0 Å². The topological polar surface area (TPSA) is 29.7 Å². The summed E-state index contributed by atoms with van der Waals surface area (Å²) in [4.78, 5) is 4.41. The van der Waals surface area contributed by atoms with E-state index in [-0.39, 0.29) is 0 Å². The molecule has 0 N–H and O–H groups in total. The lowest BCUT2D eigenvalue weighted by Crippen LogP contribution is -2.03. The summed E-state index contributed by atoms with van der Waals surface area (Å²) >= 11 is 0. The van der Waals surface area contributed by atoms with Crippen LogP contribution in [0.15, 0.2) is 29.4 Å². The van der Waals surface area contributed by atoms with Crippen molar-refractivity contribution in [2.45, 2.75) is 33.1 Å². The highest BCUT2D eigenvalue weighted by Gasteiger charge is 2.18. The lowest BCUT2D eigenvalue weighted by atomic mass is 9.99. The van der Waals surface area contributed by atoms with E-state index in [0.717, 1.165) is 23.3 Å². The van der Waals surface area contributed by atoms with Crippen LogP contribution in [0.2, 0.25) is 0 Å². The first kappa shape index (κ1) is 11.8. The zero-order valence-electron chi connectivity index (χ0n) is 10.9. The van der Waals surface area contributed by atoms with Crippen molar-refractivity contribution in [1.82, 2.24) is 9.61 Å². The Bertz CT molecular complexity index is 550. The number of aromatic nitrogens is 2. The number of hydrogen-bond acceptors (Lipinski definition) is 2. The Balaban J connectivity index is 2.76. The van der Waals surface area contributed by atoms with Crippen LogP contribution in [0, 0.1) is 0 Å². The Morgan fingerprint density at radius 3 is 2.76 bits per heavy atom. The van der Waals surface area contributed by atoms with E-state index < -0.39 is 0 Å². The standard InChI is InChI=1S/C14H19N3/c1-5-11(15-4)13-12-8-6-7-9-17(12)16-14(13)10(2)3/h6-10H,5H2,1-4H3/b15-11-. The molecule has 0 spiro atoms. The number of rotatable bonds is 3. The van der Waals surface area contributed by atoms with E-state index in [0.29, 0.717) is 5.92 Å². The maximum absolute atomic E-state index is 4.66. The molecule has 0 aromatic carbocycles. The monoisotopic (exact) mass is 229 g/mol. The summed E-state index contributed by atoms with van der Waals surface area (Å²) in [5.41, 5.74) is 4.64. The molecule has 90 valence electrons. The Morgan fingerprint density at radius 1 is 1.41 bits per heavy atom. The van der Waals surface area contributed by atoms with Crippen LogP contribution < -0.4 is 0 Å². The maximum atomic E-state index is 4.66. The number of hydrogen-bond donors (Lipinski definition) is 0. The van der Waals surface area contributed by atoms with Crippen molar-refractivity contribution in [3.63, 3.8) is 0 Å². The fourth-order valence-corrected chi connectivity index (χ4v) is 2.16. The van der Waals surface area contributed by atoms with Crippen molar-refractivity contribution in [3.8, 4) is 0 Å². The van der Waals surface area contributed by atoms with E-state index in [2.05, 4.69) is 36.9 Å². The summed E-state index contributed by atoms with van der Waals surface area (Å²) in [5, 5.41) is 4.66. The van der Waals surface area contributed by atoms with Gasteiger partial charge in [0.15, 0.2) is 0 Å². The van der Waals surface area contributed by atoms with Gasteiger partial charge in [0, 0.05) is 24.5 Å². The second-order valence-electron chi connectivity index (χ2n) is 4.47. The third kappa shape index (κ3) is 1.97. The van der Waals surface area contributed by atoms with Crippen LogP contribution in [-0.2, 0) is 0 Å². The van der Waals surface area contributed by atoms with Gasteiger partial charge < -0.3 is 0 Å². The zero-order chi connectivity index (χ0) is 12.4. The van der Waals surface area contributed by atoms with Crippen molar-refractivity contribution in [2.75, 3.05) is 7.05 Å². The number of fused-ring (bicyclic) bond motifs is 1. The maximum Gasteiger partial charge on any atom is 0.0755 e. The molecule has 0 aliphatic rings. The summed E-state index contributed by atoms with van der Waals surface area (Å²) in [7, 11) is 1.86. The molecule has 0 saturated carbocycles. The van der Waals surface area contributed by atoms with Gasteiger partial charge in [-0.05, 0) is 24.5 Å². The Hall–Kier alpha value is -1.64. The van der Waals surface area contributed by atoms with Gasteiger partial charge in [0.1, 0.15) is 0 Å². The highest BCUT2D eigenvalue weighted by Crippen LogP contribution is 2.24. The third-order valence-corrected chi connectivity index (χ3v) is 3.01. The minimum absolute atomic E-state index is 0.410. The molecule has 0 fully saturated rings. The summed E-state index contributed by atoms with van der Waals surface area (Å²) in [6, 6.07) is 6.16. The first-order chi connectivity index (χ1) is 8.19. The zero-order valence-corrected chi connectivity index (χ0v) is 10.9. The van der Waals surface area contributed by atoms with Crippen LogP contribution in [0.25, 0.3) is 5.52 Å². The van der Waals surface area contributed by atoms with Crippen LogP contribution in [0.5, 0.6) is 0 Å². The van der Waals surface area contributed by atoms with Gasteiger partial charge in [0.05, 0.1) is 11.2 Å². The molecule has 17 heavy (non-hydrogen) atoms. The average Bonchev–Trinajstić information content (AvgIpc) is 2.71. The highest BCUT2D eigenvalue weighted by atomic mass is 15.2. The molecule has 3 nitrogen and oxygen atoms in total. The largest absolute Gasteiger partial charge is 0.292 e. The summed E-state index contributed by atoms with van der Waals surface area (Å²) in [6.45, 7) is 6.49. The van der Waals surface area contributed by atoms with Gasteiger partial charge >= 0.3 is 0 Å². The molecule has 0 radical (unpaired) electrons. The van der Waals surface area contributed by atoms with E-state index in [1.54, 1.807) is 0 Å². The molecule has 0 bridgehead atoms. The Kier molecular flexibility index (Phi) is 3.27. The summed E-state index contributed by atoms with van der Waals surface area (Å²) < 4.78 is 1.95. The van der Waals surface area contributed by atoms with Crippen molar-refractivity contribution < 1.29 is 0 Å². The fourth-order valence-electron chi connectivity index (χ4n) is 2.16. The van der Waals surface area contributed by atoms with Gasteiger partial charge in [0.25, 0.3) is 0 Å². The summed E-state index contributed by atoms with van der Waals surface area (Å²) in [6.07, 6.45) is 2.93. The fraction of sp³-hybridized carbons (Fsp3) is 0.429. The van der Waals surface area contributed by atoms with Crippen LogP contribution in [0.1, 0.15) is 44.4 Å². The van der Waals surface area contributed by atoms with Gasteiger partial charge in [-0.1, -0.05) is 26.8 Å². The van der Waals surface area contributed by atoms with E-state index in [1.807, 2.05) is 29.9 Å². The molecule has 0 unspecified atom stereocenters. The van der Waals surface area contributed by atoms with E-state index in [1.165, 1.54) is 5.56 Å². The van der Waals surface area contributed by atoms with Gasteiger partial charge in [-0.15, -0.1) is 0 Å². The Labute approximate surface area is 102 Å². The quantitative estimate of drug-likeness (QED) is 0.743. The van der Waals surface area contributed by atoms with Crippen LogP contribution in [-0.4, -0.2) is 22.4 Å². The molecule has 2 rings (SSSR count). The molecule has 0 saturated heterocycles. The molecular weight excluding hydrogens is 210 g/mol. The minimum atomic E-state index is 0.410. The van der Waals surface area contributed by atoms with Gasteiger partial charge in [-0.25, -0.2) is 4.52 Å². The smallest absolute Gasteiger partial charge is 0.0755 e. The predicted molar refractivity (Wildman–Crippen MR) is 72.0 cm³/mol. The number of pyridine rings is 1. The number of nitrogens with zero attached hydrogens (tertiary/aromatic N) is 3. The molecule has 2 aromatic rings. The number of aliphatic imine (C=N–C) groups is 1. The first-order valence-electron chi connectivity index (χ1n) is 6.12. The third-order valence-electron chi connectivity index (χ3n) is 3.01. The lowest BCUT2D eigenvalue weighted by Gasteiger charge is -2.06. The second-order valence-corrected chi connectivity index (χ2v) is 4.47. The second kappa shape index (κ2) is 4.70.